The van der Waals surface area contributed by atoms with Gasteiger partial charge in [-0.15, -0.1) is 11.8 Å². The van der Waals surface area contributed by atoms with E-state index in [1.807, 2.05) is 0 Å². The molecule has 82 valence electrons. The van der Waals surface area contributed by atoms with Gasteiger partial charge in [0.25, 0.3) is 0 Å². The Balaban J connectivity index is 3.23. The molecular weight excluding hydrogens is 283 g/mol. The summed E-state index contributed by atoms with van der Waals surface area (Å²) in [7, 11) is 0. The molecule has 0 bridgehead atoms. The highest BCUT2D eigenvalue weighted by Crippen LogP contribution is 2.28. The smallest absolute Gasteiger partial charge is 0.342 e. The number of esters is 1. The number of carbonyl (C=O) groups is 1. The first-order valence-corrected chi connectivity index (χ1v) is 6.32. The molecule has 15 heavy (non-hydrogen) atoms. The molecular formula is C10H10BrFO2S. The molecule has 2 nitrogen and oxygen atoms in total. The number of carbonyl (C=O) groups excluding carboxylic acids is 1. The Hall–Kier alpha value is -0.550. The molecule has 0 N–H and O–H groups in total. The largest absolute Gasteiger partial charge is 0.462 e. The van der Waals surface area contributed by atoms with Gasteiger partial charge in [0.15, 0.2) is 5.82 Å². The first kappa shape index (κ1) is 12.5. The second-order valence-electron chi connectivity index (χ2n) is 2.66. The van der Waals surface area contributed by atoms with Crippen molar-refractivity contribution < 1.29 is 13.9 Å². The number of halogens is 2. The predicted molar refractivity (Wildman–Crippen MR) is 61.8 cm³/mol. The van der Waals surface area contributed by atoms with E-state index in [1.165, 1.54) is 11.8 Å². The third kappa shape index (κ3) is 2.72. The summed E-state index contributed by atoms with van der Waals surface area (Å²) < 4.78 is 18.7. The normalized spacial score (nSPS) is 10.1. The lowest BCUT2D eigenvalue weighted by atomic mass is 10.2. The summed E-state index contributed by atoms with van der Waals surface area (Å²) in [5, 5.41) is 0. The molecule has 0 amide bonds. The lowest BCUT2D eigenvalue weighted by molar-refractivity contribution is 0.0516. The van der Waals surface area contributed by atoms with E-state index in [-0.39, 0.29) is 16.6 Å². The third-order valence-corrected chi connectivity index (χ3v) is 3.15. The van der Waals surface area contributed by atoms with Gasteiger partial charge >= 0.3 is 5.97 Å². The molecule has 0 aliphatic carbocycles. The van der Waals surface area contributed by atoms with Crippen LogP contribution in [0.3, 0.4) is 0 Å². The Kier molecular flexibility index (Phi) is 4.60. The summed E-state index contributed by atoms with van der Waals surface area (Å²) in [6, 6.07) is 3.26. The molecule has 0 aliphatic heterocycles. The van der Waals surface area contributed by atoms with Crippen LogP contribution in [0.25, 0.3) is 0 Å². The molecule has 0 radical (unpaired) electrons. The first-order valence-electron chi connectivity index (χ1n) is 4.31. The average Bonchev–Trinajstić information content (AvgIpc) is 2.22. The molecule has 0 fully saturated rings. The molecule has 1 aromatic rings. The SMILES string of the molecule is CCOC(=O)c1c(SC)ccc(Br)c1F. The lowest BCUT2D eigenvalue weighted by Crippen LogP contribution is -2.09. The van der Waals surface area contributed by atoms with Gasteiger partial charge < -0.3 is 4.74 Å². The van der Waals surface area contributed by atoms with E-state index in [2.05, 4.69) is 15.9 Å². The molecule has 0 unspecified atom stereocenters. The topological polar surface area (TPSA) is 26.3 Å². The van der Waals surface area contributed by atoms with E-state index in [1.54, 1.807) is 25.3 Å². The Morgan fingerprint density at radius 3 is 2.80 bits per heavy atom. The maximum atomic E-state index is 13.7. The summed E-state index contributed by atoms with van der Waals surface area (Å²) in [6.07, 6.45) is 1.78. The Labute approximate surface area is 100 Å². The minimum absolute atomic E-state index is 0.00118. The van der Waals surface area contributed by atoms with Gasteiger partial charge in [-0.3, -0.25) is 0 Å². The van der Waals surface area contributed by atoms with Gasteiger partial charge in [0, 0.05) is 4.90 Å². The third-order valence-electron chi connectivity index (χ3n) is 1.76. The van der Waals surface area contributed by atoms with Crippen molar-refractivity contribution in [3.05, 3.63) is 28.0 Å². The van der Waals surface area contributed by atoms with Crippen LogP contribution in [-0.4, -0.2) is 18.8 Å². The van der Waals surface area contributed by atoms with E-state index < -0.39 is 11.8 Å². The Morgan fingerprint density at radius 2 is 2.27 bits per heavy atom. The Morgan fingerprint density at radius 1 is 1.60 bits per heavy atom. The van der Waals surface area contributed by atoms with E-state index in [9.17, 15) is 9.18 Å². The van der Waals surface area contributed by atoms with Crippen LogP contribution in [0.4, 0.5) is 4.39 Å². The van der Waals surface area contributed by atoms with E-state index in [0.29, 0.717) is 4.90 Å². The van der Waals surface area contributed by atoms with Crippen LogP contribution in [0, 0.1) is 5.82 Å². The van der Waals surface area contributed by atoms with Gasteiger partial charge in [0.2, 0.25) is 0 Å². The highest BCUT2D eigenvalue weighted by Gasteiger charge is 2.19. The number of thioether (sulfide) groups is 1. The van der Waals surface area contributed by atoms with Crippen LogP contribution in [0.2, 0.25) is 0 Å². The fourth-order valence-corrected chi connectivity index (χ4v) is 2.01. The first-order chi connectivity index (χ1) is 7.11. The fourth-order valence-electron chi connectivity index (χ4n) is 1.10. The lowest BCUT2D eigenvalue weighted by Gasteiger charge is -2.08. The van der Waals surface area contributed by atoms with Gasteiger partial charge in [-0.05, 0) is 41.2 Å². The van der Waals surface area contributed by atoms with Crippen LogP contribution < -0.4 is 0 Å². The average molecular weight is 293 g/mol. The van der Waals surface area contributed by atoms with E-state index >= 15 is 0 Å². The minimum atomic E-state index is -0.624. The maximum absolute atomic E-state index is 13.7. The molecule has 0 saturated heterocycles. The van der Waals surface area contributed by atoms with Crippen molar-refractivity contribution in [2.75, 3.05) is 12.9 Å². The molecule has 1 aromatic carbocycles. The van der Waals surface area contributed by atoms with Crippen molar-refractivity contribution in [1.82, 2.24) is 0 Å². The van der Waals surface area contributed by atoms with Gasteiger partial charge in [-0.2, -0.15) is 0 Å². The number of hydrogen-bond acceptors (Lipinski definition) is 3. The molecule has 0 spiro atoms. The molecule has 0 saturated carbocycles. The second-order valence-corrected chi connectivity index (χ2v) is 4.36. The van der Waals surface area contributed by atoms with Crippen LogP contribution in [0.15, 0.2) is 21.5 Å². The molecule has 0 aromatic heterocycles. The van der Waals surface area contributed by atoms with Crippen LogP contribution in [0.1, 0.15) is 17.3 Å². The number of hydrogen-bond donors (Lipinski definition) is 0. The predicted octanol–water partition coefficient (Wildman–Crippen LogP) is 3.49. The van der Waals surface area contributed by atoms with Crippen molar-refractivity contribution in [2.45, 2.75) is 11.8 Å². The van der Waals surface area contributed by atoms with Gasteiger partial charge in [0.05, 0.1) is 11.1 Å². The summed E-state index contributed by atoms with van der Waals surface area (Å²) in [4.78, 5) is 12.1. The molecule has 0 aliphatic rings. The van der Waals surface area contributed by atoms with Crippen LogP contribution in [-0.2, 0) is 4.74 Å². The van der Waals surface area contributed by atoms with Crippen molar-refractivity contribution >= 4 is 33.7 Å². The van der Waals surface area contributed by atoms with E-state index in [4.69, 9.17) is 4.74 Å². The van der Waals surface area contributed by atoms with Gasteiger partial charge in [0.1, 0.15) is 5.56 Å². The Bertz CT molecular complexity index is 382. The zero-order valence-corrected chi connectivity index (χ0v) is 10.7. The van der Waals surface area contributed by atoms with Crippen molar-refractivity contribution in [1.29, 1.82) is 0 Å². The highest BCUT2D eigenvalue weighted by atomic mass is 79.9. The monoisotopic (exact) mass is 292 g/mol. The molecule has 1 rings (SSSR count). The fraction of sp³-hybridized carbons (Fsp3) is 0.300. The highest BCUT2D eigenvalue weighted by molar-refractivity contribution is 9.10. The molecule has 0 atom stereocenters. The zero-order valence-electron chi connectivity index (χ0n) is 8.34. The molecule has 0 heterocycles. The van der Waals surface area contributed by atoms with Crippen molar-refractivity contribution in [3.8, 4) is 0 Å². The number of ether oxygens (including phenoxy) is 1. The van der Waals surface area contributed by atoms with Crippen molar-refractivity contribution in [3.63, 3.8) is 0 Å². The zero-order chi connectivity index (χ0) is 11.4. The summed E-state index contributed by atoms with van der Waals surface area (Å²) in [6.45, 7) is 1.92. The number of rotatable bonds is 3. The molecule has 5 heteroatoms. The maximum Gasteiger partial charge on any atom is 0.342 e. The van der Waals surface area contributed by atoms with Crippen LogP contribution in [0.5, 0.6) is 0 Å². The summed E-state index contributed by atoms with van der Waals surface area (Å²) >= 11 is 4.35. The van der Waals surface area contributed by atoms with E-state index in [0.717, 1.165) is 0 Å². The second kappa shape index (κ2) is 5.51. The summed E-state index contributed by atoms with van der Waals surface area (Å²) in [5.41, 5.74) is -0.00118. The standard InChI is InChI=1S/C10H10BrFO2S/c1-3-14-10(13)8-7(15-2)5-4-6(11)9(8)12/h4-5H,3H2,1-2H3. The number of benzene rings is 1. The minimum Gasteiger partial charge on any atom is -0.462 e. The van der Waals surface area contributed by atoms with Gasteiger partial charge in [-0.25, -0.2) is 9.18 Å². The van der Waals surface area contributed by atoms with Crippen molar-refractivity contribution in [2.24, 2.45) is 0 Å². The van der Waals surface area contributed by atoms with Crippen LogP contribution >= 0.6 is 27.7 Å². The summed E-state index contributed by atoms with van der Waals surface area (Å²) in [5.74, 6) is -1.19. The quantitative estimate of drug-likeness (QED) is 0.630. The van der Waals surface area contributed by atoms with Gasteiger partial charge in [-0.1, -0.05) is 0 Å².